The van der Waals surface area contributed by atoms with Gasteiger partial charge in [0, 0.05) is 11.1 Å². The molecule has 10 heteroatoms. The molecule has 1 aromatic carbocycles. The number of alkyl halides is 10. The van der Waals surface area contributed by atoms with Gasteiger partial charge in [-0.2, -0.15) is 43.9 Å². The van der Waals surface area contributed by atoms with Crippen molar-refractivity contribution >= 4 is 0 Å². The van der Waals surface area contributed by atoms with Crippen molar-refractivity contribution in [2.45, 2.75) is 37.5 Å². The first-order valence-electron chi connectivity index (χ1n) is 5.69. The molecule has 0 bridgehead atoms. The number of benzene rings is 1. The molecule has 0 fully saturated rings. The highest BCUT2D eigenvalue weighted by Crippen LogP contribution is 2.50. The molecule has 0 radical (unpaired) electrons. The molecule has 1 aromatic rings. The van der Waals surface area contributed by atoms with E-state index in [1.165, 1.54) is 0 Å². The van der Waals surface area contributed by atoms with Crippen LogP contribution in [-0.4, -0.2) is 12.4 Å². The molecule has 0 aliphatic carbocycles. The average molecular weight is 342 g/mol. The summed E-state index contributed by atoms with van der Waals surface area (Å²) in [5, 5.41) is 0. The Hall–Kier alpha value is -1.48. The van der Waals surface area contributed by atoms with Crippen molar-refractivity contribution < 1.29 is 43.9 Å². The van der Waals surface area contributed by atoms with Gasteiger partial charge in [-0.05, 0) is 12.0 Å². The lowest BCUT2D eigenvalue weighted by Crippen LogP contribution is -2.38. The first-order chi connectivity index (χ1) is 9.68. The van der Waals surface area contributed by atoms with E-state index in [1.54, 1.807) is 0 Å². The summed E-state index contributed by atoms with van der Waals surface area (Å²) in [4.78, 5) is 0. The fourth-order valence-corrected chi connectivity index (χ4v) is 1.86. The van der Waals surface area contributed by atoms with Crippen LogP contribution in [0.25, 0.3) is 0 Å². The Morgan fingerprint density at radius 3 is 1.23 bits per heavy atom. The van der Waals surface area contributed by atoms with Crippen LogP contribution >= 0.6 is 0 Å². The Labute approximate surface area is 117 Å². The molecule has 0 aliphatic heterocycles. The minimum absolute atomic E-state index is 0.183. The first-order valence-corrected chi connectivity index (χ1v) is 5.69. The number of halogens is 10. The van der Waals surface area contributed by atoms with Gasteiger partial charge in [0.2, 0.25) is 0 Å². The topological polar surface area (TPSA) is 0 Å². The summed E-state index contributed by atoms with van der Waals surface area (Å²) >= 11 is 0. The Morgan fingerprint density at radius 2 is 1.00 bits per heavy atom. The lowest BCUT2D eigenvalue weighted by Gasteiger charge is -2.27. The molecule has 0 atom stereocenters. The zero-order valence-electron chi connectivity index (χ0n) is 10.7. The van der Waals surface area contributed by atoms with Gasteiger partial charge in [0.1, 0.15) is 0 Å². The van der Waals surface area contributed by atoms with Gasteiger partial charge in [0.05, 0.1) is 0 Å². The minimum Gasteiger partial charge on any atom is -0.191 e. The van der Waals surface area contributed by atoms with Crippen molar-refractivity contribution in [1.29, 1.82) is 0 Å². The van der Waals surface area contributed by atoms with E-state index in [9.17, 15) is 43.9 Å². The van der Waals surface area contributed by atoms with Gasteiger partial charge in [-0.25, -0.2) is 0 Å². The van der Waals surface area contributed by atoms with Gasteiger partial charge in [0.15, 0.2) is 0 Å². The molecular formula is C12H8F10. The quantitative estimate of drug-likeness (QED) is 0.631. The van der Waals surface area contributed by atoms with E-state index in [-0.39, 0.29) is 12.1 Å². The van der Waals surface area contributed by atoms with Crippen LogP contribution in [0, 0.1) is 0 Å². The molecule has 1 rings (SSSR count). The summed E-state index contributed by atoms with van der Waals surface area (Å²) in [5.41, 5.74) is -5.21. The van der Waals surface area contributed by atoms with E-state index in [4.69, 9.17) is 0 Å². The van der Waals surface area contributed by atoms with Gasteiger partial charge < -0.3 is 0 Å². The van der Waals surface area contributed by atoms with Crippen molar-refractivity contribution in [2.24, 2.45) is 0 Å². The second-order valence-electron chi connectivity index (χ2n) is 4.33. The summed E-state index contributed by atoms with van der Waals surface area (Å²) in [5.74, 6) is -11.1. The Balaban J connectivity index is 3.66. The molecule has 0 amide bonds. The molecule has 22 heavy (non-hydrogen) atoms. The Kier molecular flexibility index (Phi) is 4.48. The van der Waals surface area contributed by atoms with Crippen LogP contribution in [0.4, 0.5) is 43.9 Å². The molecule has 0 heterocycles. The molecule has 0 saturated heterocycles. The van der Waals surface area contributed by atoms with Crippen LogP contribution in [-0.2, 0) is 18.3 Å². The lowest BCUT2D eigenvalue weighted by atomic mass is 9.91. The van der Waals surface area contributed by atoms with Gasteiger partial charge in [-0.15, -0.1) is 0 Å². The highest BCUT2D eigenvalue weighted by molar-refractivity contribution is 5.41. The summed E-state index contributed by atoms with van der Waals surface area (Å²) < 4.78 is 127. The zero-order chi connectivity index (χ0) is 17.6. The fraction of sp³-hybridized carbons (Fsp3) is 0.500. The predicted molar refractivity (Wildman–Crippen MR) is 55.7 cm³/mol. The van der Waals surface area contributed by atoms with E-state index >= 15 is 0 Å². The van der Waals surface area contributed by atoms with Crippen molar-refractivity contribution in [3.63, 3.8) is 0 Å². The van der Waals surface area contributed by atoms with Crippen LogP contribution in [0.5, 0.6) is 0 Å². The lowest BCUT2D eigenvalue weighted by molar-refractivity contribution is -0.292. The van der Waals surface area contributed by atoms with E-state index in [0.717, 1.165) is 6.92 Å². The van der Waals surface area contributed by atoms with Crippen LogP contribution in [0.2, 0.25) is 0 Å². The third kappa shape index (κ3) is 2.87. The molecule has 0 spiro atoms. The van der Waals surface area contributed by atoms with E-state index in [2.05, 4.69) is 0 Å². The van der Waals surface area contributed by atoms with E-state index in [1.807, 2.05) is 0 Å². The zero-order valence-corrected chi connectivity index (χ0v) is 10.7. The Morgan fingerprint density at radius 1 is 0.682 bits per heavy atom. The summed E-state index contributed by atoms with van der Waals surface area (Å²) in [7, 11) is 0. The van der Waals surface area contributed by atoms with Crippen LogP contribution in [0.15, 0.2) is 18.2 Å². The third-order valence-corrected chi connectivity index (χ3v) is 2.92. The summed E-state index contributed by atoms with van der Waals surface area (Å²) in [6.45, 7) is 0.904. The molecular weight excluding hydrogens is 334 g/mol. The van der Waals surface area contributed by atoms with Crippen molar-refractivity contribution in [3.05, 3.63) is 34.9 Å². The Bertz CT molecular complexity index is 494. The predicted octanol–water partition coefficient (Wildman–Crippen LogP) is 5.56. The van der Waals surface area contributed by atoms with Crippen molar-refractivity contribution in [3.8, 4) is 0 Å². The van der Waals surface area contributed by atoms with E-state index in [0.29, 0.717) is 6.07 Å². The number of hydrogen-bond donors (Lipinski definition) is 0. The SMILES string of the molecule is CCc1c(C(F)(F)C(F)(F)F)cccc1C(F)(F)C(F)(F)F. The average Bonchev–Trinajstić information content (AvgIpc) is 2.34. The molecule has 0 aliphatic rings. The summed E-state index contributed by atoms with van der Waals surface area (Å²) in [6, 6.07) is 0.674. The van der Waals surface area contributed by atoms with Crippen LogP contribution < -0.4 is 0 Å². The normalized spacial score (nSPS) is 14.3. The molecule has 0 unspecified atom stereocenters. The van der Waals surface area contributed by atoms with Crippen molar-refractivity contribution in [2.75, 3.05) is 0 Å². The smallest absolute Gasteiger partial charge is 0.191 e. The molecule has 0 saturated carbocycles. The van der Waals surface area contributed by atoms with Crippen LogP contribution in [0.1, 0.15) is 23.6 Å². The first kappa shape index (κ1) is 18.6. The fourth-order valence-electron chi connectivity index (χ4n) is 1.86. The van der Waals surface area contributed by atoms with Crippen molar-refractivity contribution in [1.82, 2.24) is 0 Å². The highest BCUT2D eigenvalue weighted by Gasteiger charge is 2.62. The van der Waals surface area contributed by atoms with Crippen LogP contribution in [0.3, 0.4) is 0 Å². The third-order valence-electron chi connectivity index (χ3n) is 2.92. The molecule has 0 N–H and O–H groups in total. The van der Waals surface area contributed by atoms with E-state index < -0.39 is 47.3 Å². The van der Waals surface area contributed by atoms with Gasteiger partial charge in [0.25, 0.3) is 0 Å². The second kappa shape index (κ2) is 5.31. The van der Waals surface area contributed by atoms with Gasteiger partial charge >= 0.3 is 24.2 Å². The largest absolute Gasteiger partial charge is 0.458 e. The molecule has 0 nitrogen and oxygen atoms in total. The molecule has 126 valence electrons. The number of hydrogen-bond acceptors (Lipinski definition) is 0. The second-order valence-corrected chi connectivity index (χ2v) is 4.33. The summed E-state index contributed by atoms with van der Waals surface area (Å²) in [6.07, 6.45) is -13.1. The monoisotopic (exact) mass is 342 g/mol. The maximum atomic E-state index is 13.3. The van der Waals surface area contributed by atoms with Gasteiger partial charge in [-0.3, -0.25) is 0 Å². The maximum absolute atomic E-state index is 13.3. The standard InChI is InChI=1S/C12H8F10/c1-2-6-7(9(13,14)11(17,18)19)4-3-5-8(6)10(15,16)12(20,21)22/h3-5H,2H2,1H3. The van der Waals surface area contributed by atoms with Gasteiger partial charge in [-0.1, -0.05) is 25.1 Å². The molecule has 0 aromatic heterocycles. The minimum atomic E-state index is -6.12. The number of rotatable bonds is 3. The highest BCUT2D eigenvalue weighted by atomic mass is 19.4. The maximum Gasteiger partial charge on any atom is 0.458 e.